The lowest BCUT2D eigenvalue weighted by atomic mass is 9.96. The number of rotatable bonds is 10. The average Bonchev–Trinajstić information content (AvgIpc) is 2.42. The van der Waals surface area contributed by atoms with Crippen LogP contribution in [0.2, 0.25) is 0 Å². The van der Waals surface area contributed by atoms with E-state index in [4.69, 9.17) is 4.74 Å². The van der Waals surface area contributed by atoms with E-state index in [1.807, 2.05) is 0 Å². The third kappa shape index (κ3) is 6.87. The Balaban J connectivity index is 2.54. The SMILES string of the molecule is CCCNCC(CCOCC(C)C)c1ccccc1Br. The Morgan fingerprint density at radius 2 is 2.00 bits per heavy atom. The molecule has 0 amide bonds. The Hall–Kier alpha value is -0.380. The van der Waals surface area contributed by atoms with Crippen LogP contribution in [0.1, 0.15) is 45.1 Å². The Kier molecular flexibility index (Phi) is 9.16. The number of hydrogen-bond acceptors (Lipinski definition) is 2. The van der Waals surface area contributed by atoms with Crippen molar-refractivity contribution in [3.63, 3.8) is 0 Å². The van der Waals surface area contributed by atoms with E-state index in [0.717, 1.165) is 32.7 Å². The summed E-state index contributed by atoms with van der Waals surface area (Å²) in [5.41, 5.74) is 1.38. The van der Waals surface area contributed by atoms with Gasteiger partial charge in [0.2, 0.25) is 0 Å². The zero-order valence-electron chi connectivity index (χ0n) is 13.0. The van der Waals surface area contributed by atoms with Crippen molar-refractivity contribution in [1.82, 2.24) is 5.32 Å². The summed E-state index contributed by atoms with van der Waals surface area (Å²) in [5, 5.41) is 3.53. The van der Waals surface area contributed by atoms with E-state index in [1.54, 1.807) is 0 Å². The van der Waals surface area contributed by atoms with Crippen molar-refractivity contribution < 1.29 is 4.74 Å². The second kappa shape index (κ2) is 10.4. The maximum Gasteiger partial charge on any atom is 0.0488 e. The summed E-state index contributed by atoms with van der Waals surface area (Å²) in [7, 11) is 0. The van der Waals surface area contributed by atoms with E-state index in [0.29, 0.717) is 11.8 Å². The summed E-state index contributed by atoms with van der Waals surface area (Å²) in [6.07, 6.45) is 2.23. The predicted molar refractivity (Wildman–Crippen MR) is 90.3 cm³/mol. The molecule has 0 heterocycles. The third-order valence-electron chi connectivity index (χ3n) is 3.22. The van der Waals surface area contributed by atoms with E-state index in [9.17, 15) is 0 Å². The van der Waals surface area contributed by atoms with Gasteiger partial charge in [0, 0.05) is 24.2 Å². The molecular weight excluding hydrogens is 314 g/mol. The molecule has 0 aliphatic heterocycles. The fourth-order valence-electron chi connectivity index (χ4n) is 2.17. The molecular formula is C17H28BrNO. The molecule has 0 aromatic heterocycles. The van der Waals surface area contributed by atoms with Crippen molar-refractivity contribution >= 4 is 15.9 Å². The maximum atomic E-state index is 5.75. The first-order valence-corrected chi connectivity index (χ1v) is 8.47. The average molecular weight is 342 g/mol. The second-order valence-electron chi connectivity index (χ2n) is 5.68. The molecule has 0 saturated heterocycles. The highest BCUT2D eigenvalue weighted by atomic mass is 79.9. The zero-order valence-corrected chi connectivity index (χ0v) is 14.6. The van der Waals surface area contributed by atoms with Gasteiger partial charge >= 0.3 is 0 Å². The smallest absolute Gasteiger partial charge is 0.0488 e. The van der Waals surface area contributed by atoms with Gasteiger partial charge in [0.05, 0.1) is 0 Å². The Labute approximate surface area is 132 Å². The van der Waals surface area contributed by atoms with Gasteiger partial charge in [0.15, 0.2) is 0 Å². The molecule has 0 spiro atoms. The van der Waals surface area contributed by atoms with Gasteiger partial charge in [0.25, 0.3) is 0 Å². The van der Waals surface area contributed by atoms with E-state index in [2.05, 4.69) is 66.3 Å². The quantitative estimate of drug-likeness (QED) is 0.628. The van der Waals surface area contributed by atoms with E-state index in [-0.39, 0.29) is 0 Å². The van der Waals surface area contributed by atoms with Crippen LogP contribution in [0.25, 0.3) is 0 Å². The van der Waals surface area contributed by atoms with Gasteiger partial charge in [-0.1, -0.05) is 54.9 Å². The lowest BCUT2D eigenvalue weighted by Crippen LogP contribution is -2.23. The van der Waals surface area contributed by atoms with Crippen LogP contribution in [0.3, 0.4) is 0 Å². The van der Waals surface area contributed by atoms with E-state index < -0.39 is 0 Å². The fraction of sp³-hybridized carbons (Fsp3) is 0.647. The summed E-state index contributed by atoms with van der Waals surface area (Å²) in [4.78, 5) is 0. The van der Waals surface area contributed by atoms with Crippen molar-refractivity contribution in [3.05, 3.63) is 34.3 Å². The van der Waals surface area contributed by atoms with Gasteiger partial charge < -0.3 is 10.1 Å². The van der Waals surface area contributed by atoms with Gasteiger partial charge in [-0.25, -0.2) is 0 Å². The molecule has 1 atom stereocenters. The Morgan fingerprint density at radius 1 is 1.25 bits per heavy atom. The highest BCUT2D eigenvalue weighted by molar-refractivity contribution is 9.10. The maximum absolute atomic E-state index is 5.75. The highest BCUT2D eigenvalue weighted by Gasteiger charge is 2.14. The van der Waals surface area contributed by atoms with Gasteiger partial charge in [-0.2, -0.15) is 0 Å². The molecule has 1 N–H and O–H groups in total. The molecule has 0 fully saturated rings. The van der Waals surface area contributed by atoms with Crippen LogP contribution in [-0.4, -0.2) is 26.3 Å². The van der Waals surface area contributed by atoms with Crippen LogP contribution < -0.4 is 5.32 Å². The molecule has 1 unspecified atom stereocenters. The summed E-state index contributed by atoms with van der Waals surface area (Å²) in [5.74, 6) is 1.11. The lowest BCUT2D eigenvalue weighted by Gasteiger charge is -2.20. The Bertz CT molecular complexity index is 368. The minimum absolute atomic E-state index is 0.504. The molecule has 0 saturated carbocycles. The molecule has 0 aliphatic rings. The largest absolute Gasteiger partial charge is 0.381 e. The van der Waals surface area contributed by atoms with E-state index in [1.165, 1.54) is 16.5 Å². The van der Waals surface area contributed by atoms with Gasteiger partial charge in [0.1, 0.15) is 0 Å². The standard InChI is InChI=1S/C17H28BrNO/c1-4-10-19-12-15(9-11-20-13-14(2)3)16-7-5-6-8-17(16)18/h5-8,14-15,19H,4,9-13H2,1-3H3. The molecule has 2 nitrogen and oxygen atoms in total. The van der Waals surface area contributed by atoms with Crippen molar-refractivity contribution in [3.8, 4) is 0 Å². The number of benzene rings is 1. The normalized spacial score (nSPS) is 12.8. The molecule has 0 radical (unpaired) electrons. The van der Waals surface area contributed by atoms with Crippen molar-refractivity contribution in [2.24, 2.45) is 5.92 Å². The molecule has 1 aromatic carbocycles. The summed E-state index contributed by atoms with van der Waals surface area (Å²) < 4.78 is 6.95. The lowest BCUT2D eigenvalue weighted by molar-refractivity contribution is 0.103. The second-order valence-corrected chi connectivity index (χ2v) is 6.53. The molecule has 0 bridgehead atoms. The van der Waals surface area contributed by atoms with Crippen LogP contribution in [0.15, 0.2) is 28.7 Å². The first-order chi connectivity index (χ1) is 9.65. The molecule has 20 heavy (non-hydrogen) atoms. The monoisotopic (exact) mass is 341 g/mol. The number of ether oxygens (including phenoxy) is 1. The summed E-state index contributed by atoms with van der Waals surface area (Å²) >= 11 is 3.67. The van der Waals surface area contributed by atoms with Crippen LogP contribution >= 0.6 is 15.9 Å². The highest BCUT2D eigenvalue weighted by Crippen LogP contribution is 2.27. The molecule has 1 aromatic rings. The topological polar surface area (TPSA) is 21.3 Å². The molecule has 0 aliphatic carbocycles. The zero-order chi connectivity index (χ0) is 14.8. The number of nitrogens with one attached hydrogen (secondary N) is 1. The molecule has 1 rings (SSSR count). The van der Waals surface area contributed by atoms with Crippen molar-refractivity contribution in [1.29, 1.82) is 0 Å². The van der Waals surface area contributed by atoms with Crippen LogP contribution in [0.4, 0.5) is 0 Å². The van der Waals surface area contributed by atoms with Gasteiger partial charge in [-0.3, -0.25) is 0 Å². The summed E-state index contributed by atoms with van der Waals surface area (Å²) in [6.45, 7) is 10.4. The van der Waals surface area contributed by atoms with Crippen LogP contribution in [0, 0.1) is 5.92 Å². The fourth-order valence-corrected chi connectivity index (χ4v) is 2.78. The minimum atomic E-state index is 0.504. The molecule has 114 valence electrons. The third-order valence-corrected chi connectivity index (χ3v) is 3.95. The molecule has 3 heteroatoms. The first-order valence-electron chi connectivity index (χ1n) is 7.68. The van der Waals surface area contributed by atoms with Gasteiger partial charge in [-0.15, -0.1) is 0 Å². The number of hydrogen-bond donors (Lipinski definition) is 1. The summed E-state index contributed by atoms with van der Waals surface area (Å²) in [6, 6.07) is 8.52. The first kappa shape index (κ1) is 17.7. The van der Waals surface area contributed by atoms with Crippen LogP contribution in [0.5, 0.6) is 0 Å². The van der Waals surface area contributed by atoms with Gasteiger partial charge in [-0.05, 0) is 42.9 Å². The minimum Gasteiger partial charge on any atom is -0.381 e. The number of halogens is 1. The van der Waals surface area contributed by atoms with Crippen LogP contribution in [-0.2, 0) is 4.74 Å². The predicted octanol–water partition coefficient (Wildman–Crippen LogP) is 4.60. The van der Waals surface area contributed by atoms with Crippen molar-refractivity contribution in [2.75, 3.05) is 26.3 Å². The van der Waals surface area contributed by atoms with Crippen molar-refractivity contribution in [2.45, 2.75) is 39.5 Å². The van der Waals surface area contributed by atoms with E-state index >= 15 is 0 Å². The Morgan fingerprint density at radius 3 is 2.65 bits per heavy atom.